The normalized spacial score (nSPS) is 19.1. The van der Waals surface area contributed by atoms with Crippen molar-refractivity contribution in [3.63, 3.8) is 0 Å². The number of hydrogen-bond acceptors (Lipinski definition) is 2. The van der Waals surface area contributed by atoms with E-state index in [2.05, 4.69) is 18.7 Å². The fourth-order valence-electron chi connectivity index (χ4n) is 2.54. The van der Waals surface area contributed by atoms with Gasteiger partial charge in [0, 0.05) is 25.0 Å². The maximum Gasteiger partial charge on any atom is 0.225 e. The van der Waals surface area contributed by atoms with Gasteiger partial charge in [0.1, 0.15) is 0 Å². The molecule has 0 aromatic rings. The van der Waals surface area contributed by atoms with E-state index in [0.29, 0.717) is 5.91 Å². The van der Waals surface area contributed by atoms with E-state index in [1.165, 1.54) is 19.3 Å². The molecule has 1 aliphatic rings. The molecule has 2 N–H and O–H groups in total. The highest BCUT2D eigenvalue weighted by molar-refractivity contribution is 5.78. The first-order chi connectivity index (χ1) is 8.54. The lowest BCUT2D eigenvalue weighted by atomic mass is 9.85. The average molecular weight is 254 g/mol. The molecule has 0 aromatic carbocycles. The Balaban J connectivity index is 2.29. The molecule has 2 atom stereocenters. The molecule has 0 spiro atoms. The van der Waals surface area contributed by atoms with E-state index in [1.54, 1.807) is 0 Å². The van der Waals surface area contributed by atoms with Crippen molar-refractivity contribution < 1.29 is 4.79 Å². The summed E-state index contributed by atoms with van der Waals surface area (Å²) >= 11 is 0. The first kappa shape index (κ1) is 15.5. The molecule has 0 saturated heterocycles. The molecular formula is C15H30N2O. The topological polar surface area (TPSA) is 46.3 Å². The Morgan fingerprint density at radius 3 is 2.44 bits per heavy atom. The number of hydrogen-bond donors (Lipinski definition) is 1. The Labute approximate surface area is 112 Å². The third kappa shape index (κ3) is 4.97. The Hall–Kier alpha value is -0.570. The lowest BCUT2D eigenvalue weighted by Crippen LogP contribution is -2.40. The fraction of sp³-hybridized carbons (Fsp3) is 0.933. The quantitative estimate of drug-likeness (QED) is 0.724. The van der Waals surface area contributed by atoms with Crippen molar-refractivity contribution in [1.82, 2.24) is 4.90 Å². The van der Waals surface area contributed by atoms with Crippen LogP contribution in [0.15, 0.2) is 0 Å². The average Bonchev–Trinajstić information content (AvgIpc) is 2.26. The van der Waals surface area contributed by atoms with Crippen LogP contribution in [-0.2, 0) is 4.79 Å². The summed E-state index contributed by atoms with van der Waals surface area (Å²) in [5.74, 6) is 1.27. The third-order valence-corrected chi connectivity index (χ3v) is 4.11. The maximum absolute atomic E-state index is 12.3. The zero-order valence-corrected chi connectivity index (χ0v) is 12.3. The van der Waals surface area contributed by atoms with Crippen molar-refractivity contribution in [2.75, 3.05) is 13.1 Å². The summed E-state index contributed by atoms with van der Waals surface area (Å²) in [5.41, 5.74) is 5.74. The van der Waals surface area contributed by atoms with Gasteiger partial charge in [-0.05, 0) is 45.4 Å². The molecule has 0 heterocycles. The molecule has 1 amide bonds. The van der Waals surface area contributed by atoms with Crippen molar-refractivity contribution in [3.8, 4) is 0 Å². The monoisotopic (exact) mass is 254 g/mol. The number of carbonyl (C=O) groups excluding carboxylic acids is 1. The number of carbonyl (C=O) groups is 1. The third-order valence-electron chi connectivity index (χ3n) is 4.11. The molecule has 0 aromatic heterocycles. The molecule has 0 radical (unpaired) electrons. The van der Waals surface area contributed by atoms with Gasteiger partial charge >= 0.3 is 0 Å². The van der Waals surface area contributed by atoms with Crippen molar-refractivity contribution in [1.29, 1.82) is 0 Å². The number of nitrogens with zero attached hydrogens (tertiary/aromatic N) is 1. The van der Waals surface area contributed by atoms with E-state index in [1.807, 2.05) is 6.92 Å². The van der Waals surface area contributed by atoms with Crippen LogP contribution in [0.5, 0.6) is 0 Å². The zero-order valence-electron chi connectivity index (χ0n) is 12.3. The molecule has 1 saturated carbocycles. The first-order valence-electron chi connectivity index (χ1n) is 7.59. The second-order valence-electron chi connectivity index (χ2n) is 5.98. The number of amides is 1. The SMILES string of the molecule is CCN(CC1CCC1)C(=O)C(C)CCCC(C)N. The highest BCUT2D eigenvalue weighted by Gasteiger charge is 2.25. The molecule has 3 heteroatoms. The molecule has 0 bridgehead atoms. The van der Waals surface area contributed by atoms with E-state index in [-0.39, 0.29) is 12.0 Å². The van der Waals surface area contributed by atoms with Gasteiger partial charge < -0.3 is 10.6 Å². The molecule has 3 nitrogen and oxygen atoms in total. The van der Waals surface area contributed by atoms with Crippen LogP contribution in [0.25, 0.3) is 0 Å². The maximum atomic E-state index is 12.3. The largest absolute Gasteiger partial charge is 0.342 e. The minimum Gasteiger partial charge on any atom is -0.342 e. The van der Waals surface area contributed by atoms with E-state index in [9.17, 15) is 4.79 Å². The summed E-state index contributed by atoms with van der Waals surface area (Å²) in [4.78, 5) is 14.4. The summed E-state index contributed by atoms with van der Waals surface area (Å²) in [7, 11) is 0. The van der Waals surface area contributed by atoms with E-state index in [4.69, 9.17) is 5.73 Å². The van der Waals surface area contributed by atoms with Crippen LogP contribution < -0.4 is 5.73 Å². The fourth-order valence-corrected chi connectivity index (χ4v) is 2.54. The van der Waals surface area contributed by atoms with Crippen LogP contribution in [0.4, 0.5) is 0 Å². The Morgan fingerprint density at radius 1 is 1.33 bits per heavy atom. The zero-order chi connectivity index (χ0) is 13.5. The molecule has 0 aliphatic heterocycles. The van der Waals surface area contributed by atoms with Gasteiger partial charge in [-0.25, -0.2) is 0 Å². The second kappa shape index (κ2) is 7.78. The molecule has 1 fully saturated rings. The van der Waals surface area contributed by atoms with Crippen molar-refractivity contribution >= 4 is 5.91 Å². The molecule has 1 rings (SSSR count). The van der Waals surface area contributed by atoms with Gasteiger partial charge in [-0.3, -0.25) is 4.79 Å². The molecule has 2 unspecified atom stereocenters. The van der Waals surface area contributed by atoms with Gasteiger partial charge in [0.2, 0.25) is 5.91 Å². The van der Waals surface area contributed by atoms with Crippen molar-refractivity contribution in [3.05, 3.63) is 0 Å². The minimum absolute atomic E-state index is 0.156. The Kier molecular flexibility index (Phi) is 6.69. The summed E-state index contributed by atoms with van der Waals surface area (Å²) in [5, 5.41) is 0. The van der Waals surface area contributed by atoms with Crippen LogP contribution in [0.1, 0.15) is 59.3 Å². The smallest absolute Gasteiger partial charge is 0.225 e. The van der Waals surface area contributed by atoms with Crippen LogP contribution in [0.3, 0.4) is 0 Å². The summed E-state index contributed by atoms with van der Waals surface area (Å²) in [6, 6.07) is 0.254. The highest BCUT2D eigenvalue weighted by atomic mass is 16.2. The molecular weight excluding hydrogens is 224 g/mol. The highest BCUT2D eigenvalue weighted by Crippen LogP contribution is 2.27. The minimum atomic E-state index is 0.156. The standard InChI is InChI=1S/C15H30N2O/c1-4-17(11-14-9-6-10-14)15(18)12(2)7-5-8-13(3)16/h12-14H,4-11,16H2,1-3H3. The molecule has 1 aliphatic carbocycles. The van der Waals surface area contributed by atoms with Gasteiger partial charge in [-0.2, -0.15) is 0 Å². The predicted molar refractivity (Wildman–Crippen MR) is 76.3 cm³/mol. The van der Waals surface area contributed by atoms with Gasteiger partial charge in [-0.1, -0.05) is 19.8 Å². The summed E-state index contributed by atoms with van der Waals surface area (Å²) < 4.78 is 0. The van der Waals surface area contributed by atoms with Crippen molar-refractivity contribution in [2.45, 2.75) is 65.3 Å². The van der Waals surface area contributed by atoms with Gasteiger partial charge in [-0.15, -0.1) is 0 Å². The Morgan fingerprint density at radius 2 is 2.00 bits per heavy atom. The molecule has 18 heavy (non-hydrogen) atoms. The van der Waals surface area contributed by atoms with Crippen LogP contribution in [0, 0.1) is 11.8 Å². The summed E-state index contributed by atoms with van der Waals surface area (Å²) in [6.07, 6.45) is 7.02. The first-order valence-corrected chi connectivity index (χ1v) is 7.59. The van der Waals surface area contributed by atoms with Crippen LogP contribution in [-0.4, -0.2) is 29.9 Å². The predicted octanol–water partition coefficient (Wildman–Crippen LogP) is 2.79. The van der Waals surface area contributed by atoms with E-state index < -0.39 is 0 Å². The van der Waals surface area contributed by atoms with E-state index in [0.717, 1.165) is 38.3 Å². The van der Waals surface area contributed by atoms with Gasteiger partial charge in [0.05, 0.1) is 0 Å². The van der Waals surface area contributed by atoms with Gasteiger partial charge in [0.25, 0.3) is 0 Å². The lowest BCUT2D eigenvalue weighted by Gasteiger charge is -2.33. The Bertz CT molecular complexity index is 249. The van der Waals surface area contributed by atoms with Crippen LogP contribution >= 0.6 is 0 Å². The van der Waals surface area contributed by atoms with Gasteiger partial charge in [0.15, 0.2) is 0 Å². The van der Waals surface area contributed by atoms with E-state index >= 15 is 0 Å². The second-order valence-corrected chi connectivity index (χ2v) is 5.98. The lowest BCUT2D eigenvalue weighted by molar-refractivity contribution is -0.136. The summed E-state index contributed by atoms with van der Waals surface area (Å²) in [6.45, 7) is 8.01. The number of nitrogens with two attached hydrogens (primary N) is 1. The molecule has 106 valence electrons. The van der Waals surface area contributed by atoms with Crippen LogP contribution in [0.2, 0.25) is 0 Å². The number of rotatable bonds is 8. The van der Waals surface area contributed by atoms with Crippen molar-refractivity contribution in [2.24, 2.45) is 17.6 Å².